The van der Waals surface area contributed by atoms with E-state index in [1.807, 2.05) is 0 Å². The van der Waals surface area contributed by atoms with Gasteiger partial charge in [0.25, 0.3) is 0 Å². The number of aryl methyl sites for hydroxylation is 1. The zero-order chi connectivity index (χ0) is 32.0. The maximum absolute atomic E-state index is 13.5. The van der Waals surface area contributed by atoms with Gasteiger partial charge >= 0.3 is 0 Å². The van der Waals surface area contributed by atoms with Crippen LogP contribution in [0.3, 0.4) is 0 Å². The van der Waals surface area contributed by atoms with Crippen LogP contribution in [0.1, 0.15) is 18.1 Å². The monoisotopic (exact) mass is 620 g/mol. The molecule has 0 bridgehead atoms. The van der Waals surface area contributed by atoms with Gasteiger partial charge in [-0.05, 0) is 20.8 Å². The van der Waals surface area contributed by atoms with Crippen LogP contribution in [0.4, 0.5) is 0 Å². The topological polar surface area (TPSA) is 218 Å². The summed E-state index contributed by atoms with van der Waals surface area (Å²) in [6.45, 7) is 3.82. The van der Waals surface area contributed by atoms with E-state index in [0.29, 0.717) is 5.56 Å². The molecule has 2 fully saturated rings. The van der Waals surface area contributed by atoms with Crippen LogP contribution < -0.4 is 14.9 Å². The smallest absolute Gasteiger partial charge is 0.239 e. The van der Waals surface area contributed by atoms with Crippen molar-refractivity contribution in [3.05, 3.63) is 51.7 Å². The van der Waals surface area contributed by atoms with E-state index in [1.54, 1.807) is 37.3 Å². The molecule has 14 heteroatoms. The summed E-state index contributed by atoms with van der Waals surface area (Å²) in [6, 6.07) is 8.74. The lowest BCUT2D eigenvalue weighted by Gasteiger charge is -2.45. The second-order valence-corrected chi connectivity index (χ2v) is 10.9. The van der Waals surface area contributed by atoms with Crippen LogP contribution in [0.25, 0.3) is 22.3 Å². The Morgan fingerprint density at radius 1 is 0.841 bits per heavy atom. The molecule has 1 aromatic heterocycles. The number of hydrogen-bond acceptors (Lipinski definition) is 14. The SMILES string of the molecule is COc1c(-c2ccccc2)oc2c(C)c(O[C@@H]3O[C@@H](C)[C@H](O)[C@@H](O)[C@@H]3O[C@@H]3O[C@H](CO)[C@H](O)[C@H](O)[C@H]3O)c(C)c(O)c2c1=O. The second-order valence-electron chi connectivity index (χ2n) is 10.9. The highest BCUT2D eigenvalue weighted by molar-refractivity contribution is 5.92. The molecule has 240 valence electrons. The van der Waals surface area contributed by atoms with Crippen molar-refractivity contribution >= 4 is 11.0 Å². The summed E-state index contributed by atoms with van der Waals surface area (Å²) in [4.78, 5) is 13.5. The summed E-state index contributed by atoms with van der Waals surface area (Å²) < 4.78 is 34.7. The van der Waals surface area contributed by atoms with Crippen molar-refractivity contribution in [3.8, 4) is 28.6 Å². The minimum absolute atomic E-state index is 0.00511. The van der Waals surface area contributed by atoms with E-state index in [2.05, 4.69) is 0 Å². The number of aromatic hydroxyl groups is 1. The number of methoxy groups -OCH3 is 1. The Hall–Kier alpha value is -3.31. The van der Waals surface area contributed by atoms with Gasteiger partial charge in [-0.25, -0.2) is 0 Å². The molecule has 7 N–H and O–H groups in total. The molecule has 0 unspecified atom stereocenters. The number of benzene rings is 2. The van der Waals surface area contributed by atoms with Crippen LogP contribution in [-0.4, -0.2) is 111 Å². The Bertz CT molecular complexity index is 1540. The first-order valence-electron chi connectivity index (χ1n) is 14.0. The normalized spacial score (nSPS) is 32.5. The predicted molar refractivity (Wildman–Crippen MR) is 151 cm³/mol. The first kappa shape index (κ1) is 32.1. The number of phenolic OH excluding ortho intramolecular Hbond substituents is 1. The lowest BCUT2D eigenvalue weighted by atomic mass is 9.97. The van der Waals surface area contributed by atoms with Crippen molar-refractivity contribution in [2.75, 3.05) is 13.7 Å². The number of rotatable bonds is 7. The number of phenols is 1. The van der Waals surface area contributed by atoms with Gasteiger partial charge in [-0.2, -0.15) is 0 Å². The molecule has 5 rings (SSSR count). The summed E-state index contributed by atoms with van der Waals surface area (Å²) in [5.74, 6) is -0.442. The van der Waals surface area contributed by atoms with E-state index in [9.17, 15) is 40.5 Å². The van der Waals surface area contributed by atoms with Gasteiger partial charge < -0.3 is 63.8 Å². The average Bonchev–Trinajstić information content (AvgIpc) is 3.02. The fourth-order valence-corrected chi connectivity index (χ4v) is 5.51. The molecule has 2 aliphatic rings. The highest BCUT2D eigenvalue weighted by atomic mass is 16.8. The van der Waals surface area contributed by atoms with Gasteiger partial charge in [-0.1, -0.05) is 30.3 Å². The van der Waals surface area contributed by atoms with Gasteiger partial charge in [0, 0.05) is 16.7 Å². The van der Waals surface area contributed by atoms with Crippen LogP contribution in [0, 0.1) is 13.8 Å². The van der Waals surface area contributed by atoms with Crippen molar-refractivity contribution in [1.29, 1.82) is 0 Å². The molecule has 0 radical (unpaired) electrons. The van der Waals surface area contributed by atoms with E-state index in [-0.39, 0.29) is 39.4 Å². The molecule has 0 aliphatic carbocycles. The molecule has 0 saturated carbocycles. The predicted octanol–water partition coefficient (Wildman–Crippen LogP) is -0.178. The van der Waals surface area contributed by atoms with Gasteiger partial charge in [0.05, 0.1) is 19.8 Å². The molecular formula is C30H36O14. The van der Waals surface area contributed by atoms with Gasteiger partial charge in [0.2, 0.25) is 17.5 Å². The van der Waals surface area contributed by atoms with Crippen molar-refractivity contribution in [2.24, 2.45) is 0 Å². The van der Waals surface area contributed by atoms with Crippen molar-refractivity contribution in [1.82, 2.24) is 0 Å². The number of hydrogen-bond donors (Lipinski definition) is 7. The average molecular weight is 621 g/mol. The highest BCUT2D eigenvalue weighted by Gasteiger charge is 2.51. The quantitative estimate of drug-likeness (QED) is 0.182. The van der Waals surface area contributed by atoms with Crippen LogP contribution in [-0.2, 0) is 14.2 Å². The Balaban J connectivity index is 1.57. The van der Waals surface area contributed by atoms with Gasteiger partial charge in [-0.15, -0.1) is 0 Å². The van der Waals surface area contributed by atoms with E-state index in [0.717, 1.165) is 0 Å². The molecule has 10 atom stereocenters. The van der Waals surface area contributed by atoms with Crippen LogP contribution >= 0.6 is 0 Å². The third-order valence-corrected chi connectivity index (χ3v) is 8.08. The maximum atomic E-state index is 13.5. The summed E-state index contributed by atoms with van der Waals surface area (Å²) in [5.41, 5.74) is 0.298. The molecule has 44 heavy (non-hydrogen) atoms. The van der Waals surface area contributed by atoms with Crippen LogP contribution in [0.5, 0.6) is 17.2 Å². The third-order valence-electron chi connectivity index (χ3n) is 8.08. The fraction of sp³-hybridized carbons (Fsp3) is 0.500. The van der Waals surface area contributed by atoms with E-state index < -0.39 is 79.2 Å². The summed E-state index contributed by atoms with van der Waals surface area (Å²) in [5, 5.41) is 73.0. The molecule has 0 spiro atoms. The number of fused-ring (bicyclic) bond motifs is 1. The van der Waals surface area contributed by atoms with E-state index >= 15 is 0 Å². The standard InChI is InChI=1S/C30H36O14/c1-11-17(32)16-20(35)27(39-4)26(14-8-6-5-7-9-14)42-25(16)12(2)24(11)43-30-28(22(37)18(33)13(3)40-30)44-29-23(38)21(36)19(34)15(10-31)41-29/h5-9,13,15,18-19,21-23,28-34,36-38H,10H2,1-4H3/t13-,15+,18-,19-,21-,22+,23+,28-,29-,30-/m0/s1. The van der Waals surface area contributed by atoms with Gasteiger partial charge in [0.15, 0.2) is 18.2 Å². The molecule has 3 heterocycles. The maximum Gasteiger partial charge on any atom is 0.239 e. The summed E-state index contributed by atoms with van der Waals surface area (Å²) >= 11 is 0. The molecule has 0 amide bonds. The van der Waals surface area contributed by atoms with Crippen molar-refractivity contribution in [2.45, 2.75) is 82.2 Å². The first-order valence-corrected chi connectivity index (χ1v) is 14.0. The third kappa shape index (κ3) is 5.42. The lowest BCUT2D eigenvalue weighted by Crippen LogP contribution is -2.64. The lowest BCUT2D eigenvalue weighted by molar-refractivity contribution is -0.355. The van der Waals surface area contributed by atoms with E-state index in [4.69, 9.17) is 28.1 Å². The van der Waals surface area contributed by atoms with Gasteiger partial charge in [-0.3, -0.25) is 4.79 Å². The fourth-order valence-electron chi connectivity index (χ4n) is 5.51. The minimum atomic E-state index is -1.81. The second kappa shape index (κ2) is 12.6. The largest absolute Gasteiger partial charge is 0.507 e. The Morgan fingerprint density at radius 2 is 1.52 bits per heavy atom. The number of ether oxygens (including phenoxy) is 5. The molecule has 2 saturated heterocycles. The van der Waals surface area contributed by atoms with Crippen LogP contribution in [0.15, 0.2) is 39.5 Å². The van der Waals surface area contributed by atoms with Gasteiger partial charge in [0.1, 0.15) is 59.1 Å². The van der Waals surface area contributed by atoms with E-state index in [1.165, 1.54) is 21.0 Å². The Morgan fingerprint density at radius 3 is 2.16 bits per heavy atom. The molecular weight excluding hydrogens is 584 g/mol. The van der Waals surface area contributed by atoms with Crippen molar-refractivity contribution < 1.29 is 63.8 Å². The first-order chi connectivity index (χ1) is 20.9. The molecule has 14 nitrogen and oxygen atoms in total. The number of aliphatic hydroxyl groups excluding tert-OH is 6. The molecule has 3 aromatic rings. The van der Waals surface area contributed by atoms with Crippen LogP contribution in [0.2, 0.25) is 0 Å². The zero-order valence-corrected chi connectivity index (χ0v) is 24.4. The minimum Gasteiger partial charge on any atom is -0.507 e. The number of aliphatic hydroxyl groups is 6. The molecule has 2 aliphatic heterocycles. The summed E-state index contributed by atoms with van der Waals surface area (Å²) in [7, 11) is 1.32. The highest BCUT2D eigenvalue weighted by Crippen LogP contribution is 2.43. The Kier molecular flexibility index (Phi) is 9.18. The van der Waals surface area contributed by atoms with Crippen molar-refractivity contribution in [3.63, 3.8) is 0 Å². The molecule has 2 aromatic carbocycles. The zero-order valence-electron chi connectivity index (χ0n) is 24.4. The Labute approximate surface area is 251 Å². The summed E-state index contributed by atoms with van der Waals surface area (Å²) in [6.07, 6.45) is -15.4.